The van der Waals surface area contributed by atoms with Gasteiger partial charge in [0.15, 0.2) is 0 Å². The maximum absolute atomic E-state index is 13.1. The maximum Gasteiger partial charge on any atom is 0.353 e. The summed E-state index contributed by atoms with van der Waals surface area (Å²) in [4.78, 5) is 25.8. The minimum atomic E-state index is -0.778. The van der Waals surface area contributed by atoms with Crippen molar-refractivity contribution < 1.29 is 19.1 Å². The number of carbonyl (C=O) groups excluding carboxylic acids is 1. The van der Waals surface area contributed by atoms with Crippen LogP contribution >= 0.6 is 11.8 Å². The average Bonchev–Trinajstić information content (AvgIpc) is 2.80. The molecule has 1 fully saturated rings. The molecule has 160 valence electrons. The number of benzene rings is 2. The molecule has 1 aliphatic rings. The molecule has 0 amide bonds. The zero-order valence-corrected chi connectivity index (χ0v) is 17.8. The van der Waals surface area contributed by atoms with Crippen LogP contribution in [0.4, 0.5) is 0 Å². The third-order valence-corrected chi connectivity index (χ3v) is 6.65. The molecular formula is C25H24O5S. The predicted octanol–water partition coefficient (Wildman–Crippen LogP) is 5.72. The van der Waals surface area contributed by atoms with E-state index < -0.39 is 16.8 Å². The molecule has 1 aromatic heterocycles. The molecule has 1 atom stereocenters. The number of ether oxygens (including phenoxy) is 1. The number of rotatable bonds is 6. The molecule has 1 aliphatic carbocycles. The molecule has 1 saturated carbocycles. The van der Waals surface area contributed by atoms with E-state index in [4.69, 9.17) is 9.15 Å². The molecule has 0 saturated heterocycles. The van der Waals surface area contributed by atoms with Crippen molar-refractivity contribution in [3.63, 3.8) is 0 Å². The zero-order valence-electron chi connectivity index (χ0n) is 17.0. The summed E-state index contributed by atoms with van der Waals surface area (Å²) in [6.45, 7) is 0. The fourth-order valence-corrected chi connectivity index (χ4v) is 4.73. The second-order valence-corrected chi connectivity index (χ2v) is 8.70. The minimum absolute atomic E-state index is 0.00544. The van der Waals surface area contributed by atoms with Crippen molar-refractivity contribution in [1.82, 2.24) is 0 Å². The number of esters is 1. The first-order chi connectivity index (χ1) is 15.1. The third kappa shape index (κ3) is 5.20. The van der Waals surface area contributed by atoms with E-state index in [9.17, 15) is 14.7 Å². The van der Waals surface area contributed by atoms with Crippen molar-refractivity contribution in [3.8, 4) is 17.1 Å². The quantitative estimate of drug-likeness (QED) is 0.393. The summed E-state index contributed by atoms with van der Waals surface area (Å²) in [5, 5.41) is 9.82. The van der Waals surface area contributed by atoms with E-state index in [2.05, 4.69) is 0 Å². The van der Waals surface area contributed by atoms with E-state index in [0.717, 1.165) is 43.9 Å². The number of carbonyl (C=O) groups is 1. The van der Waals surface area contributed by atoms with E-state index in [0.29, 0.717) is 11.1 Å². The molecule has 1 heterocycles. The van der Waals surface area contributed by atoms with Gasteiger partial charge in [-0.25, -0.2) is 4.79 Å². The Bertz CT molecular complexity index is 1070. The van der Waals surface area contributed by atoms with Crippen molar-refractivity contribution in [2.75, 3.05) is 0 Å². The van der Waals surface area contributed by atoms with Crippen LogP contribution in [-0.2, 0) is 9.53 Å². The van der Waals surface area contributed by atoms with Crippen LogP contribution in [0.5, 0.6) is 5.75 Å². The van der Waals surface area contributed by atoms with Gasteiger partial charge in [-0.15, -0.1) is 0 Å². The third-order valence-electron chi connectivity index (χ3n) is 5.33. The van der Waals surface area contributed by atoms with Crippen LogP contribution in [0.2, 0.25) is 0 Å². The molecule has 1 N–H and O–H groups in total. The Kier molecular flexibility index (Phi) is 6.77. The Morgan fingerprint density at radius 2 is 1.65 bits per heavy atom. The van der Waals surface area contributed by atoms with Crippen LogP contribution < -0.4 is 5.63 Å². The van der Waals surface area contributed by atoms with E-state index in [1.165, 1.54) is 6.07 Å². The van der Waals surface area contributed by atoms with E-state index in [1.807, 2.05) is 48.5 Å². The molecule has 0 spiro atoms. The first kappa shape index (κ1) is 21.2. The maximum atomic E-state index is 13.1. The van der Waals surface area contributed by atoms with Crippen LogP contribution in [0, 0.1) is 0 Å². The molecule has 0 aliphatic heterocycles. The van der Waals surface area contributed by atoms with E-state index in [1.54, 1.807) is 12.1 Å². The Morgan fingerprint density at radius 1 is 1.00 bits per heavy atom. The van der Waals surface area contributed by atoms with Gasteiger partial charge in [0.1, 0.15) is 27.8 Å². The molecule has 2 aromatic carbocycles. The second kappa shape index (κ2) is 9.88. The number of thioether (sulfide) groups is 1. The lowest BCUT2D eigenvalue weighted by Crippen LogP contribution is -2.24. The number of aromatic hydroxyl groups is 1. The molecule has 0 radical (unpaired) electrons. The lowest BCUT2D eigenvalue weighted by molar-refractivity contribution is -0.149. The fourth-order valence-electron chi connectivity index (χ4n) is 3.73. The Morgan fingerprint density at radius 3 is 2.29 bits per heavy atom. The van der Waals surface area contributed by atoms with Crippen molar-refractivity contribution in [1.29, 1.82) is 0 Å². The first-order valence-corrected chi connectivity index (χ1v) is 11.3. The van der Waals surface area contributed by atoms with Gasteiger partial charge in [-0.05, 0) is 31.2 Å². The second-order valence-electron chi connectivity index (χ2n) is 7.58. The van der Waals surface area contributed by atoms with Crippen molar-refractivity contribution in [2.24, 2.45) is 0 Å². The first-order valence-electron chi connectivity index (χ1n) is 10.5. The molecule has 5 nitrogen and oxygen atoms in total. The van der Waals surface area contributed by atoms with Crippen LogP contribution in [0.1, 0.15) is 42.9 Å². The van der Waals surface area contributed by atoms with Gasteiger partial charge in [-0.1, -0.05) is 78.8 Å². The van der Waals surface area contributed by atoms with Gasteiger partial charge in [-0.2, -0.15) is 0 Å². The summed E-state index contributed by atoms with van der Waals surface area (Å²) in [6.07, 6.45) is 4.87. The molecular weight excluding hydrogens is 412 g/mol. The molecule has 0 bridgehead atoms. The van der Waals surface area contributed by atoms with Crippen molar-refractivity contribution in [3.05, 3.63) is 82.7 Å². The number of hydrogen-bond acceptors (Lipinski definition) is 6. The van der Waals surface area contributed by atoms with Crippen LogP contribution in [0.15, 0.2) is 80.8 Å². The van der Waals surface area contributed by atoms with Crippen LogP contribution in [-0.4, -0.2) is 17.2 Å². The fraction of sp³-hybridized carbons (Fsp3) is 0.280. The molecule has 4 rings (SSSR count). The summed E-state index contributed by atoms with van der Waals surface area (Å²) >= 11 is 0.965. The highest BCUT2D eigenvalue weighted by atomic mass is 32.2. The predicted molar refractivity (Wildman–Crippen MR) is 120 cm³/mol. The summed E-state index contributed by atoms with van der Waals surface area (Å²) < 4.78 is 11.2. The summed E-state index contributed by atoms with van der Waals surface area (Å²) in [5.74, 6) is -0.353. The summed E-state index contributed by atoms with van der Waals surface area (Å²) in [7, 11) is 0. The van der Waals surface area contributed by atoms with Gasteiger partial charge in [0.2, 0.25) is 0 Å². The lowest BCUT2D eigenvalue weighted by Gasteiger charge is -2.24. The molecule has 31 heavy (non-hydrogen) atoms. The van der Waals surface area contributed by atoms with Crippen molar-refractivity contribution >= 4 is 17.7 Å². The summed E-state index contributed by atoms with van der Waals surface area (Å²) in [5.41, 5.74) is 0.706. The largest absolute Gasteiger partial charge is 0.506 e. The van der Waals surface area contributed by atoms with E-state index >= 15 is 0 Å². The van der Waals surface area contributed by atoms with Crippen LogP contribution in [0.3, 0.4) is 0 Å². The van der Waals surface area contributed by atoms with E-state index in [-0.39, 0.29) is 22.5 Å². The van der Waals surface area contributed by atoms with Gasteiger partial charge in [0.25, 0.3) is 0 Å². The Balaban J connectivity index is 1.62. The smallest absolute Gasteiger partial charge is 0.353 e. The number of hydrogen-bond donors (Lipinski definition) is 1. The zero-order chi connectivity index (χ0) is 21.6. The average molecular weight is 437 g/mol. The molecule has 6 heteroatoms. The lowest BCUT2D eigenvalue weighted by atomic mass is 9.98. The topological polar surface area (TPSA) is 76.7 Å². The SMILES string of the molecule is O=C(OC1CCCCC1)C(Sc1c(O)cc(-c2ccccc2)oc1=O)c1ccccc1. The Labute approximate surface area is 185 Å². The molecule has 3 aromatic rings. The van der Waals surface area contributed by atoms with Crippen LogP contribution in [0.25, 0.3) is 11.3 Å². The highest BCUT2D eigenvalue weighted by Gasteiger charge is 2.29. The monoisotopic (exact) mass is 436 g/mol. The van der Waals surface area contributed by atoms with Gasteiger partial charge in [-0.3, -0.25) is 4.79 Å². The summed E-state index contributed by atoms with van der Waals surface area (Å²) in [6, 6.07) is 19.6. The van der Waals surface area contributed by atoms with Gasteiger partial charge < -0.3 is 14.3 Å². The van der Waals surface area contributed by atoms with Gasteiger partial charge >= 0.3 is 11.6 Å². The van der Waals surface area contributed by atoms with Crippen molar-refractivity contribution in [2.45, 2.75) is 48.4 Å². The van der Waals surface area contributed by atoms with Gasteiger partial charge in [0, 0.05) is 11.6 Å². The minimum Gasteiger partial charge on any atom is -0.506 e. The highest BCUT2D eigenvalue weighted by Crippen LogP contribution is 2.40. The Hall–Kier alpha value is -2.99. The van der Waals surface area contributed by atoms with Gasteiger partial charge in [0.05, 0.1) is 0 Å². The highest BCUT2D eigenvalue weighted by molar-refractivity contribution is 8.00. The normalized spacial score (nSPS) is 15.4. The molecule has 1 unspecified atom stereocenters. The standard InChI is InChI=1S/C25H24O5S/c26-20-16-21(17-10-4-1-5-11-17)30-25(28)23(20)31-22(18-12-6-2-7-13-18)24(27)29-19-14-8-3-9-15-19/h1-2,4-7,10-13,16,19,22,26H,3,8-9,14-15H2.